The van der Waals surface area contributed by atoms with Crippen LogP contribution in [-0.4, -0.2) is 39.4 Å². The monoisotopic (exact) mass is 445 g/mol. The Labute approximate surface area is 193 Å². The van der Waals surface area contributed by atoms with E-state index < -0.39 is 0 Å². The SMILES string of the molecule is CC(=O)Nc1cc(C)cc(CO)c1C1C=C2C(=O)N(Cc3ccc(C#N)cc3)CC(C)N2N1. The van der Waals surface area contributed by atoms with Gasteiger partial charge in [-0.25, -0.2) is 5.43 Å². The van der Waals surface area contributed by atoms with E-state index in [2.05, 4.69) is 16.8 Å². The third-order valence-corrected chi connectivity index (χ3v) is 5.95. The van der Waals surface area contributed by atoms with Gasteiger partial charge in [0.1, 0.15) is 5.70 Å². The number of fused-ring (bicyclic) bond motifs is 1. The Morgan fingerprint density at radius 2 is 2.03 bits per heavy atom. The van der Waals surface area contributed by atoms with E-state index in [1.807, 2.05) is 49.2 Å². The van der Waals surface area contributed by atoms with Gasteiger partial charge in [0.2, 0.25) is 5.91 Å². The molecule has 2 aromatic carbocycles. The van der Waals surface area contributed by atoms with Crippen LogP contribution in [0.25, 0.3) is 0 Å². The minimum atomic E-state index is -0.370. The minimum absolute atomic E-state index is 0.0181. The number of benzene rings is 2. The molecule has 4 rings (SSSR count). The normalized spacial score (nSPS) is 19.7. The number of aliphatic hydroxyl groups excluding tert-OH is 1. The first-order valence-corrected chi connectivity index (χ1v) is 10.9. The lowest BCUT2D eigenvalue weighted by molar-refractivity contribution is -0.134. The van der Waals surface area contributed by atoms with E-state index in [1.165, 1.54) is 6.92 Å². The van der Waals surface area contributed by atoms with E-state index in [0.29, 0.717) is 35.6 Å². The molecular formula is C25H27N5O3. The van der Waals surface area contributed by atoms with Crippen molar-refractivity contribution >= 4 is 17.5 Å². The van der Waals surface area contributed by atoms with Crippen LogP contribution in [0, 0.1) is 18.3 Å². The summed E-state index contributed by atoms with van der Waals surface area (Å²) in [6.45, 7) is 6.20. The predicted molar refractivity (Wildman–Crippen MR) is 123 cm³/mol. The molecule has 33 heavy (non-hydrogen) atoms. The molecule has 2 heterocycles. The molecule has 0 saturated carbocycles. The number of hydrazine groups is 1. The largest absolute Gasteiger partial charge is 0.392 e. The fraction of sp³-hybridized carbons (Fsp3) is 0.320. The standard InChI is InChI=1S/C25H27N5O3/c1-15-8-20(14-31)24(21(9-15)27-17(3)32)22-10-23-25(33)29(12-16(2)30(23)28-22)13-19-6-4-18(11-26)5-7-19/h4-10,16,22,28,31H,12-14H2,1-3H3,(H,27,32). The zero-order valence-electron chi connectivity index (χ0n) is 18.9. The topological polar surface area (TPSA) is 109 Å². The number of nitrogens with zero attached hydrogens (tertiary/aromatic N) is 3. The number of amides is 2. The lowest BCUT2D eigenvalue weighted by Crippen LogP contribution is -2.55. The van der Waals surface area contributed by atoms with Gasteiger partial charge in [0.15, 0.2) is 0 Å². The fourth-order valence-electron chi connectivity index (χ4n) is 4.53. The van der Waals surface area contributed by atoms with E-state index in [9.17, 15) is 14.7 Å². The Morgan fingerprint density at radius 1 is 1.30 bits per heavy atom. The number of hydrogen-bond donors (Lipinski definition) is 3. The molecule has 3 N–H and O–H groups in total. The molecule has 0 aromatic heterocycles. The Morgan fingerprint density at radius 3 is 2.67 bits per heavy atom. The molecule has 0 bridgehead atoms. The summed E-state index contributed by atoms with van der Waals surface area (Å²) < 4.78 is 0. The van der Waals surface area contributed by atoms with Crippen LogP contribution in [0.5, 0.6) is 0 Å². The number of aliphatic hydroxyl groups is 1. The highest BCUT2D eigenvalue weighted by Gasteiger charge is 2.40. The van der Waals surface area contributed by atoms with Gasteiger partial charge in [-0.05, 0) is 54.8 Å². The first kappa shape index (κ1) is 22.5. The van der Waals surface area contributed by atoms with Gasteiger partial charge in [-0.2, -0.15) is 5.26 Å². The molecule has 2 aliphatic heterocycles. The molecule has 2 amide bonds. The predicted octanol–water partition coefficient (Wildman–Crippen LogP) is 2.49. The van der Waals surface area contributed by atoms with Crippen molar-refractivity contribution in [3.8, 4) is 6.07 Å². The molecule has 170 valence electrons. The molecule has 2 atom stereocenters. The van der Waals surface area contributed by atoms with E-state index >= 15 is 0 Å². The lowest BCUT2D eigenvalue weighted by Gasteiger charge is -2.40. The van der Waals surface area contributed by atoms with Gasteiger partial charge in [0, 0.05) is 31.3 Å². The van der Waals surface area contributed by atoms with Crippen molar-refractivity contribution in [2.24, 2.45) is 0 Å². The number of nitrogens with one attached hydrogen (secondary N) is 2. The van der Waals surface area contributed by atoms with E-state index in [4.69, 9.17) is 5.26 Å². The number of aryl methyl sites for hydroxylation is 1. The molecule has 1 fully saturated rings. The van der Waals surface area contributed by atoms with Crippen LogP contribution in [0.4, 0.5) is 5.69 Å². The van der Waals surface area contributed by atoms with Crippen molar-refractivity contribution in [3.05, 3.63) is 76.0 Å². The number of nitriles is 1. The molecule has 0 spiro atoms. The second-order valence-electron chi connectivity index (χ2n) is 8.60. The van der Waals surface area contributed by atoms with Crippen molar-refractivity contribution in [1.82, 2.24) is 15.3 Å². The average Bonchev–Trinajstić information content (AvgIpc) is 3.22. The number of hydrogen-bond acceptors (Lipinski definition) is 6. The van der Waals surface area contributed by atoms with E-state index in [0.717, 1.165) is 16.7 Å². The maximum absolute atomic E-state index is 13.3. The average molecular weight is 446 g/mol. The highest BCUT2D eigenvalue weighted by molar-refractivity contribution is 5.95. The first-order valence-electron chi connectivity index (χ1n) is 10.9. The summed E-state index contributed by atoms with van der Waals surface area (Å²) in [6.07, 6.45) is 1.86. The second-order valence-corrected chi connectivity index (χ2v) is 8.60. The van der Waals surface area contributed by atoms with Crippen molar-refractivity contribution in [3.63, 3.8) is 0 Å². The van der Waals surface area contributed by atoms with Gasteiger partial charge in [-0.15, -0.1) is 0 Å². The van der Waals surface area contributed by atoms with Crippen molar-refractivity contribution in [1.29, 1.82) is 5.26 Å². The molecule has 0 radical (unpaired) electrons. The third kappa shape index (κ3) is 4.46. The van der Waals surface area contributed by atoms with Gasteiger partial charge in [0.05, 0.1) is 30.3 Å². The highest BCUT2D eigenvalue weighted by atomic mass is 16.3. The van der Waals surface area contributed by atoms with Crippen LogP contribution in [-0.2, 0) is 22.7 Å². The van der Waals surface area contributed by atoms with Gasteiger partial charge in [-0.1, -0.05) is 18.2 Å². The number of carbonyl (C=O) groups excluding carboxylic acids is 2. The fourth-order valence-corrected chi connectivity index (χ4v) is 4.53. The van der Waals surface area contributed by atoms with Crippen molar-refractivity contribution in [2.45, 2.75) is 46.0 Å². The first-order chi connectivity index (χ1) is 15.8. The van der Waals surface area contributed by atoms with Crippen LogP contribution < -0.4 is 10.7 Å². The zero-order chi connectivity index (χ0) is 23.7. The van der Waals surface area contributed by atoms with E-state index in [1.54, 1.807) is 17.0 Å². The molecule has 0 aliphatic carbocycles. The molecule has 8 nitrogen and oxygen atoms in total. The van der Waals surface area contributed by atoms with Gasteiger partial charge < -0.3 is 15.3 Å². The van der Waals surface area contributed by atoms with Crippen LogP contribution in [0.15, 0.2) is 48.2 Å². The molecule has 8 heteroatoms. The molecule has 2 aromatic rings. The number of carbonyl (C=O) groups is 2. The summed E-state index contributed by atoms with van der Waals surface area (Å²) in [5.41, 5.74) is 8.47. The number of rotatable bonds is 5. The van der Waals surface area contributed by atoms with Crippen LogP contribution in [0.2, 0.25) is 0 Å². The van der Waals surface area contributed by atoms with Gasteiger partial charge in [0.25, 0.3) is 5.91 Å². The second kappa shape index (κ2) is 9.06. The molecule has 2 unspecified atom stereocenters. The maximum Gasteiger partial charge on any atom is 0.271 e. The molecule has 1 saturated heterocycles. The third-order valence-electron chi connectivity index (χ3n) is 5.95. The lowest BCUT2D eigenvalue weighted by atomic mass is 9.96. The van der Waals surface area contributed by atoms with E-state index in [-0.39, 0.29) is 30.5 Å². The summed E-state index contributed by atoms with van der Waals surface area (Å²) in [5.74, 6) is -0.293. The van der Waals surface area contributed by atoms with Crippen LogP contribution in [0.1, 0.15) is 47.7 Å². The van der Waals surface area contributed by atoms with Crippen molar-refractivity contribution in [2.75, 3.05) is 11.9 Å². The smallest absolute Gasteiger partial charge is 0.271 e. The number of anilines is 1. The Hall–Kier alpha value is -3.67. The Balaban J connectivity index is 1.64. The molecular weight excluding hydrogens is 418 g/mol. The zero-order valence-corrected chi connectivity index (χ0v) is 18.9. The van der Waals surface area contributed by atoms with Crippen LogP contribution >= 0.6 is 0 Å². The summed E-state index contributed by atoms with van der Waals surface area (Å²) in [7, 11) is 0. The summed E-state index contributed by atoms with van der Waals surface area (Å²) in [4.78, 5) is 26.9. The Bertz CT molecular complexity index is 1170. The van der Waals surface area contributed by atoms with Crippen LogP contribution in [0.3, 0.4) is 0 Å². The minimum Gasteiger partial charge on any atom is -0.392 e. The molecule has 2 aliphatic rings. The summed E-state index contributed by atoms with van der Waals surface area (Å²) in [5, 5.41) is 23.7. The maximum atomic E-state index is 13.3. The van der Waals surface area contributed by atoms with Gasteiger partial charge in [-0.3, -0.25) is 14.6 Å². The number of piperazine rings is 1. The van der Waals surface area contributed by atoms with Crippen molar-refractivity contribution < 1.29 is 14.7 Å². The summed E-state index contributed by atoms with van der Waals surface area (Å²) >= 11 is 0. The van der Waals surface area contributed by atoms with Gasteiger partial charge >= 0.3 is 0 Å². The quantitative estimate of drug-likeness (QED) is 0.653. The summed E-state index contributed by atoms with van der Waals surface area (Å²) in [6, 6.07) is 12.8. The Kier molecular flexibility index (Phi) is 6.18. The highest BCUT2D eigenvalue weighted by Crippen LogP contribution is 2.36.